The molecule has 1 aliphatic carbocycles. The molecule has 24 atom stereocenters. The molecule has 18 heterocycles. The number of nitrogens with two attached hydrogens (primary N) is 6. The van der Waals surface area contributed by atoms with Crippen molar-refractivity contribution in [1.82, 2.24) is 107 Å². The van der Waals surface area contributed by atoms with Gasteiger partial charge in [0.15, 0.2) is 127 Å². The lowest BCUT2D eigenvalue weighted by Crippen LogP contribution is -2.44. The van der Waals surface area contributed by atoms with E-state index in [1.54, 1.807) is 12.3 Å². The molecule has 6 aliphatic heterocycles. The quantitative estimate of drug-likeness (QED) is 0.0335. The van der Waals surface area contributed by atoms with Crippen LogP contribution in [0.25, 0.3) is 66.7 Å². The van der Waals surface area contributed by atoms with E-state index in [0.29, 0.717) is 50.7 Å². The van der Waals surface area contributed by atoms with Crippen molar-refractivity contribution in [2.75, 3.05) is 86.5 Å². The highest BCUT2D eigenvalue weighted by Gasteiger charge is 2.60. The first kappa shape index (κ1) is 97.3. The van der Waals surface area contributed by atoms with Crippen molar-refractivity contribution in [3.8, 4) is 79.9 Å². The van der Waals surface area contributed by atoms with Crippen LogP contribution in [-0.4, -0.2) is 359 Å². The van der Waals surface area contributed by atoms with Crippen LogP contribution in [0.5, 0.6) is 5.88 Å². The Hall–Kier alpha value is -13.7. The molecule has 0 aromatic carbocycles. The number of methoxy groups -OCH3 is 1. The Kier molecular flexibility index (Phi) is 27.1. The van der Waals surface area contributed by atoms with Crippen LogP contribution in [0.1, 0.15) is 50.2 Å². The molecule has 7 fully saturated rings. The fourth-order valence-corrected chi connectivity index (χ4v) is 15.5. The van der Waals surface area contributed by atoms with Gasteiger partial charge in [0, 0.05) is 18.4 Å². The minimum atomic E-state index is -1.82. The van der Waals surface area contributed by atoms with Crippen molar-refractivity contribution in [3.63, 3.8) is 0 Å². The van der Waals surface area contributed by atoms with Crippen LogP contribution in [0.4, 0.5) is 45.6 Å². The zero-order valence-electron chi connectivity index (χ0n) is 69.7. The maximum Gasteiger partial charge on any atom is 0.280 e. The molecule has 135 heavy (non-hydrogen) atoms. The van der Waals surface area contributed by atoms with Crippen molar-refractivity contribution in [3.05, 3.63) is 77.7 Å². The first-order chi connectivity index (χ1) is 64.3. The van der Waals surface area contributed by atoms with E-state index in [1.165, 1.54) is 67.8 Å². The van der Waals surface area contributed by atoms with E-state index in [4.69, 9.17) is 118 Å². The summed E-state index contributed by atoms with van der Waals surface area (Å²) in [5.74, 6) is 12.8. The Morgan fingerprint density at radius 3 is 1.29 bits per heavy atom. The molecule has 32 N–H and O–H groups in total. The molecule has 7 aliphatic rings. The average molecular weight is 1900 g/mol. The smallest absolute Gasteiger partial charge is 0.280 e. The Bertz CT molecular complexity index is 6800. The number of aliphatic hydroxyl groups excluding tert-OH is 18. The number of aromatic nitrogens is 22. The van der Waals surface area contributed by atoms with E-state index in [1.807, 2.05) is 0 Å². The highest BCUT2D eigenvalue weighted by Crippen LogP contribution is 2.46. The lowest BCUT2D eigenvalue weighted by molar-refractivity contribution is -0.0911. The van der Waals surface area contributed by atoms with Gasteiger partial charge in [0.05, 0.1) is 89.0 Å². The van der Waals surface area contributed by atoms with Crippen LogP contribution in [0.15, 0.2) is 61.1 Å². The molecule has 0 amide bonds. The van der Waals surface area contributed by atoms with E-state index < -0.39 is 195 Å². The largest absolute Gasteiger partial charge is 0.479 e. The topological polar surface area (TPSA) is 853 Å². The molecule has 57 heteroatoms. The number of ether oxygens (including phenoxy) is 7. The normalized spacial score (nSPS) is 31.5. The Morgan fingerprint density at radius 1 is 0.459 bits per heavy atom. The van der Waals surface area contributed by atoms with Gasteiger partial charge in [-0.2, -0.15) is 34.9 Å². The molecule has 0 spiro atoms. The molecular formula is C78H85ClFN29O26. The summed E-state index contributed by atoms with van der Waals surface area (Å²) in [5.41, 5.74) is 25.3. The van der Waals surface area contributed by atoms with Crippen molar-refractivity contribution in [1.29, 1.82) is 0 Å². The molecule has 712 valence electrons. The predicted molar refractivity (Wildman–Crippen MR) is 459 cm³/mol. The molecule has 0 radical (unpaired) electrons. The highest BCUT2D eigenvalue weighted by molar-refractivity contribution is 6.28. The summed E-state index contributed by atoms with van der Waals surface area (Å²) in [6, 6.07) is 2.02. The zero-order chi connectivity index (χ0) is 97.9. The van der Waals surface area contributed by atoms with Crippen LogP contribution in [0.2, 0.25) is 5.28 Å². The summed E-state index contributed by atoms with van der Waals surface area (Å²) >= 11 is 5.72. The predicted octanol–water partition coefficient (Wildman–Crippen LogP) is -9.98. The van der Waals surface area contributed by atoms with Gasteiger partial charge in [-0.25, -0.2) is 44.3 Å². The van der Waals surface area contributed by atoms with Crippen LogP contribution in [0.3, 0.4) is 0 Å². The molecule has 19 rings (SSSR count). The summed E-state index contributed by atoms with van der Waals surface area (Å²) in [4.78, 5) is 73.9. The second kappa shape index (κ2) is 37.6. The number of nitrogen functional groups attached to an aromatic ring is 6. The number of nitrogens with one attached hydrogen (secondary N) is 2. The van der Waals surface area contributed by atoms with E-state index in [9.17, 15) is 101 Å². The second-order valence-corrected chi connectivity index (χ2v) is 31.3. The second-order valence-electron chi connectivity index (χ2n) is 30.9. The third-order valence-electron chi connectivity index (χ3n) is 23.0. The van der Waals surface area contributed by atoms with Crippen LogP contribution < -0.4 is 50.0 Å². The first-order valence-electron chi connectivity index (χ1n) is 39.6. The lowest BCUT2D eigenvalue weighted by atomic mass is 9.97. The third kappa shape index (κ3) is 16.7. The lowest BCUT2D eigenvalue weighted by Gasteiger charge is -2.23. The van der Waals surface area contributed by atoms with Crippen molar-refractivity contribution < 1.29 is 129 Å². The number of H-pyrrole nitrogens is 1. The average Bonchev–Trinajstić information content (AvgIpc) is 1.61. The zero-order valence-corrected chi connectivity index (χ0v) is 70.5. The number of aromatic amines is 1. The molecule has 1 saturated carbocycles. The van der Waals surface area contributed by atoms with Crippen LogP contribution in [0, 0.1) is 79.9 Å². The Labute approximate surface area is 760 Å². The van der Waals surface area contributed by atoms with Gasteiger partial charge in [-0.3, -0.25) is 28.0 Å². The van der Waals surface area contributed by atoms with Crippen molar-refractivity contribution >= 4 is 120 Å². The van der Waals surface area contributed by atoms with Crippen molar-refractivity contribution in [2.45, 2.75) is 163 Å². The highest BCUT2D eigenvalue weighted by atomic mass is 35.5. The number of halogens is 2. The van der Waals surface area contributed by atoms with Gasteiger partial charge in [0.1, 0.15) is 102 Å². The van der Waals surface area contributed by atoms with Crippen molar-refractivity contribution in [2.24, 2.45) is 0 Å². The molecule has 6 saturated heterocycles. The maximum absolute atomic E-state index is 14.1. The molecule has 12 aromatic heterocycles. The number of nitrogens with zero attached hydrogens (tertiary/aromatic N) is 21. The van der Waals surface area contributed by atoms with Gasteiger partial charge in [-0.15, -0.1) is 38.5 Å². The number of aliphatic hydroxyl groups is 18. The summed E-state index contributed by atoms with van der Waals surface area (Å²) < 4.78 is 60.2. The standard InChI is InChI=1S/C15H17N5O4.C13H12ClFN4O4.C13H15N5O5.C13H15N5O4.C12H13N5O5.C12H13N5O4/c1-2-15(5-21)11(23)10(22)14(24-15)20-7-18-9-12(19-8-3-4-8)16-6-17-13(9)20;1-2-13(4-20)8(22)7(21)11(23-13)19-3-5(15)6-9(16)17-12(14)18-10(6)19;1-3-13(4-19)8(21)7(20)11(23-13)18-5-15-6-9(18)16-12(14)17-10(6)22-2;1-2-13(5-19)8(21)7(20)11(22-13)18-4-3-6-9(14)16-12(15)17-10(6)18;1-2-12(3-18)7(20)6(19)10(22-12)17-4-14-5-8(17)15-11(13)16-9(5)21;1-2-12(4-18)8(20)7(19)10(21-12)17-5-15-6-3-14-11(13)16-9(6)17/h1,6-8,10-11,14,21-23H,3-5H2,(H,16,17,19);1,3,7-8,11,20-22H,4H2,(H2,16,17,18);1,5,7-8,11,19-21H,4H2,2H3,(H2,14,16,17);1,3-4,7-8,11,19-21H,5H2,(H4,14,15,16,17);1,4,6-7,10,18-20H,3H2,(H3,13,15,16,21);1,3,5,7-8,10,18-20H,4H2,(H2,13,14,16)/t10?,11-,14-,15-;3*7?,8-,11-,13-;6?,7-,10-,12-;7?,8-,10-,12-/m111111/s1. The molecule has 0 bridgehead atoms. The van der Waals surface area contributed by atoms with E-state index in [0.717, 1.165) is 23.6 Å². The fraction of sp³-hybridized carbons (Fsp3) is 0.436. The first-order valence-corrected chi connectivity index (χ1v) is 40.0. The molecule has 12 aromatic rings. The SMILES string of the molecule is C#C[C@]1(CO)O[C@@H](n2cc(F)c3c(N)nc(Cl)nc32)C(O)[C@H]1O.C#C[C@]1(CO)O[C@@H](n2ccc3c(N)nc(N)nc32)C(O)[C@H]1O.C#C[C@]1(CO)O[C@@H](n2cnc3c(=O)[nH]c(N)nc32)C(O)[C@H]1O.C#C[C@]1(CO)O[C@@H](n2cnc3c(NC4CC4)ncnc32)C(O)[C@H]1O.C#C[C@]1(CO)O[C@@H](n2cnc3c(OC)nc(N)nc32)C(O)[C@H]1O.C#C[C@]1(CO)O[C@@H](n2cnc3cnc(N)nc32)C(O)[C@H]1O. The molecule has 55 nitrogen and oxygen atoms in total. The third-order valence-corrected chi connectivity index (χ3v) is 23.1. The maximum atomic E-state index is 14.1. The Morgan fingerprint density at radius 2 is 0.852 bits per heavy atom. The van der Waals surface area contributed by atoms with E-state index >= 15 is 0 Å². The van der Waals surface area contributed by atoms with Gasteiger partial charge in [-0.05, 0) is 30.5 Å². The summed E-state index contributed by atoms with van der Waals surface area (Å²) in [5, 5.41) is 182. The Balaban J connectivity index is 0.000000130. The van der Waals surface area contributed by atoms with E-state index in [2.05, 4.69) is 121 Å². The minimum Gasteiger partial charge on any atom is -0.479 e. The monoisotopic (exact) mass is 1900 g/mol. The van der Waals surface area contributed by atoms with Crippen LogP contribution >= 0.6 is 11.6 Å². The van der Waals surface area contributed by atoms with Gasteiger partial charge in [0.25, 0.3) is 5.56 Å². The molecule has 6 unspecified atom stereocenters. The summed E-state index contributed by atoms with van der Waals surface area (Å²) in [7, 11) is 1.40. The number of hydrogen-bond donors (Lipinski definition) is 26. The number of imidazole rings is 4. The van der Waals surface area contributed by atoms with Crippen LogP contribution in [-0.2, 0) is 28.4 Å². The van der Waals surface area contributed by atoms with Gasteiger partial charge >= 0.3 is 0 Å². The number of hydrogen-bond acceptors (Lipinski definition) is 48. The number of rotatable bonds is 15. The number of terminal acetylenes is 6. The summed E-state index contributed by atoms with van der Waals surface area (Å²) in [6.07, 6.45) is 20.7. The number of anilines is 7. The van der Waals surface area contributed by atoms with Gasteiger partial charge in [-0.1, -0.05) is 35.5 Å². The van der Waals surface area contributed by atoms with E-state index in [-0.39, 0.29) is 74.4 Å². The van der Waals surface area contributed by atoms with Gasteiger partial charge < -0.3 is 174 Å². The molecular weight excluding hydrogens is 1810 g/mol. The van der Waals surface area contributed by atoms with Gasteiger partial charge in [0.2, 0.25) is 35.0 Å². The fourth-order valence-electron chi connectivity index (χ4n) is 15.4. The minimum absolute atomic E-state index is 0.0123. The summed E-state index contributed by atoms with van der Waals surface area (Å²) in [6.45, 7) is -3.99. The number of fused-ring (bicyclic) bond motifs is 6.